The second kappa shape index (κ2) is 12.2. The number of hydrogen-bond donors (Lipinski definition) is 3. The minimum Gasteiger partial charge on any atom is -0.497 e. The second-order valence-electron chi connectivity index (χ2n) is 6.05. The average molecular weight is 461 g/mol. The number of alkyl carbamates (subject to hydrolysis) is 2. The summed E-state index contributed by atoms with van der Waals surface area (Å²) >= 11 is 1.48. The maximum absolute atomic E-state index is 12.0. The number of nitrogens with one attached hydrogen (secondary N) is 3. The van der Waals surface area contributed by atoms with Crippen molar-refractivity contribution >= 4 is 47.2 Å². The van der Waals surface area contributed by atoms with Crippen molar-refractivity contribution in [3.63, 3.8) is 0 Å². The molecule has 32 heavy (non-hydrogen) atoms. The van der Waals surface area contributed by atoms with Crippen LogP contribution in [0.4, 0.5) is 21.0 Å². The normalized spacial score (nSPS) is 9.88. The molecule has 0 aromatic heterocycles. The smallest absolute Gasteiger partial charge is 0.413 e. The number of guanidine groups is 1. The third kappa shape index (κ3) is 7.51. The summed E-state index contributed by atoms with van der Waals surface area (Å²) in [5.41, 5.74) is 0.694. The maximum Gasteiger partial charge on any atom is 0.413 e. The number of hydrogen-bond acceptors (Lipinski definition) is 8. The van der Waals surface area contributed by atoms with Crippen molar-refractivity contribution in [2.24, 2.45) is 4.99 Å². The van der Waals surface area contributed by atoms with E-state index in [0.29, 0.717) is 11.4 Å². The molecular weight excluding hydrogens is 436 g/mol. The number of amides is 3. The highest BCUT2D eigenvalue weighted by Gasteiger charge is 2.13. The Bertz CT molecular complexity index is 974. The number of nitrogens with zero attached hydrogens (tertiary/aromatic N) is 1. The molecule has 2 aromatic carbocycles. The van der Waals surface area contributed by atoms with E-state index in [1.54, 1.807) is 32.2 Å². The second-order valence-corrected chi connectivity index (χ2v) is 7.20. The van der Waals surface area contributed by atoms with Gasteiger partial charge in [-0.3, -0.25) is 15.4 Å². The highest BCUT2D eigenvalue weighted by atomic mass is 32.2. The molecular formula is C21H24N4O6S. The lowest BCUT2D eigenvalue weighted by molar-refractivity contribution is -0.115. The first-order chi connectivity index (χ1) is 15.4. The van der Waals surface area contributed by atoms with Crippen molar-refractivity contribution in [1.29, 1.82) is 0 Å². The molecule has 0 aliphatic carbocycles. The molecule has 3 amide bonds. The fourth-order valence-electron chi connectivity index (χ4n) is 2.30. The summed E-state index contributed by atoms with van der Waals surface area (Å²) in [5, 5.41) is 7.35. The first-order valence-electron chi connectivity index (χ1n) is 9.43. The van der Waals surface area contributed by atoms with Crippen LogP contribution >= 0.6 is 11.8 Å². The van der Waals surface area contributed by atoms with Gasteiger partial charge in [0.15, 0.2) is 0 Å². The van der Waals surface area contributed by atoms with E-state index >= 15 is 0 Å². The molecule has 3 N–H and O–H groups in total. The van der Waals surface area contributed by atoms with E-state index in [-0.39, 0.29) is 18.3 Å². The monoisotopic (exact) mass is 460 g/mol. The van der Waals surface area contributed by atoms with Crippen LogP contribution in [-0.4, -0.2) is 45.4 Å². The summed E-state index contributed by atoms with van der Waals surface area (Å²) in [6.45, 7) is 1.72. The van der Waals surface area contributed by atoms with Crippen LogP contribution in [0, 0.1) is 0 Å². The highest BCUT2D eigenvalue weighted by Crippen LogP contribution is 2.35. The van der Waals surface area contributed by atoms with Gasteiger partial charge < -0.3 is 19.5 Å². The third-order valence-corrected chi connectivity index (χ3v) is 4.90. The van der Waals surface area contributed by atoms with Crippen molar-refractivity contribution in [3.05, 3.63) is 42.5 Å². The van der Waals surface area contributed by atoms with Gasteiger partial charge in [0.25, 0.3) is 0 Å². The average Bonchev–Trinajstić information content (AvgIpc) is 2.80. The number of rotatable bonds is 6. The fraction of sp³-hybridized carbons (Fsp3) is 0.238. The zero-order valence-corrected chi connectivity index (χ0v) is 18.9. The molecule has 0 bridgehead atoms. The van der Waals surface area contributed by atoms with Gasteiger partial charge in [0.05, 0.1) is 32.7 Å². The van der Waals surface area contributed by atoms with E-state index < -0.39 is 12.2 Å². The Hall–Kier alpha value is -3.73. The lowest BCUT2D eigenvalue weighted by Crippen LogP contribution is -2.43. The summed E-state index contributed by atoms with van der Waals surface area (Å²) in [7, 11) is 3.94. The summed E-state index contributed by atoms with van der Waals surface area (Å²) in [6.07, 6.45) is -1.43. The van der Waals surface area contributed by atoms with Crippen molar-refractivity contribution in [2.45, 2.75) is 23.1 Å². The third-order valence-electron chi connectivity index (χ3n) is 3.90. The molecule has 0 unspecified atom stereocenters. The van der Waals surface area contributed by atoms with Crippen LogP contribution in [0.1, 0.15) is 13.3 Å². The minimum atomic E-state index is -0.842. The Balaban J connectivity index is 2.39. The molecule has 2 rings (SSSR count). The van der Waals surface area contributed by atoms with Crippen LogP contribution in [0.15, 0.2) is 57.2 Å². The van der Waals surface area contributed by atoms with Crippen LogP contribution in [0.25, 0.3) is 0 Å². The Morgan fingerprint density at radius 3 is 2.03 bits per heavy atom. The molecule has 11 heteroatoms. The summed E-state index contributed by atoms with van der Waals surface area (Å²) < 4.78 is 14.3. The van der Waals surface area contributed by atoms with Gasteiger partial charge in [-0.25, -0.2) is 14.6 Å². The molecule has 0 aliphatic rings. The maximum atomic E-state index is 12.0. The molecule has 170 valence electrons. The topological polar surface area (TPSA) is 127 Å². The Morgan fingerprint density at radius 2 is 1.50 bits per heavy atom. The first kappa shape index (κ1) is 24.5. The Kier molecular flexibility index (Phi) is 9.36. The van der Waals surface area contributed by atoms with Crippen LogP contribution in [0.2, 0.25) is 0 Å². The molecule has 10 nitrogen and oxygen atoms in total. The number of benzene rings is 2. The van der Waals surface area contributed by atoms with E-state index in [0.717, 1.165) is 15.5 Å². The van der Waals surface area contributed by atoms with Gasteiger partial charge in [-0.15, -0.1) is 0 Å². The molecule has 0 fully saturated rings. The van der Waals surface area contributed by atoms with Crippen LogP contribution in [0.5, 0.6) is 5.75 Å². The summed E-state index contributed by atoms with van der Waals surface area (Å²) in [5.74, 6) is 0.293. The summed E-state index contributed by atoms with van der Waals surface area (Å²) in [6, 6.07) is 12.7. The van der Waals surface area contributed by atoms with E-state index in [2.05, 4.69) is 30.4 Å². The van der Waals surface area contributed by atoms with Crippen molar-refractivity contribution in [1.82, 2.24) is 10.6 Å². The first-order valence-corrected chi connectivity index (χ1v) is 10.2. The predicted octanol–water partition coefficient (Wildman–Crippen LogP) is 3.89. The van der Waals surface area contributed by atoms with E-state index in [1.807, 2.05) is 24.3 Å². The summed E-state index contributed by atoms with van der Waals surface area (Å²) in [4.78, 5) is 41.3. The van der Waals surface area contributed by atoms with Gasteiger partial charge in [0.1, 0.15) is 5.75 Å². The van der Waals surface area contributed by atoms with Gasteiger partial charge in [-0.2, -0.15) is 0 Å². The van der Waals surface area contributed by atoms with Gasteiger partial charge in [-0.1, -0.05) is 18.7 Å². The van der Waals surface area contributed by atoms with Gasteiger partial charge in [-0.05, 0) is 42.5 Å². The van der Waals surface area contributed by atoms with E-state index in [1.165, 1.54) is 26.0 Å². The fourth-order valence-corrected chi connectivity index (χ4v) is 3.15. The number of methoxy groups -OCH3 is 3. The Morgan fingerprint density at radius 1 is 0.906 bits per heavy atom. The minimum absolute atomic E-state index is 0.226. The molecule has 0 aliphatic heterocycles. The lowest BCUT2D eigenvalue weighted by Gasteiger charge is -2.13. The van der Waals surface area contributed by atoms with E-state index in [9.17, 15) is 14.4 Å². The Labute approximate surface area is 189 Å². The molecule has 2 aromatic rings. The van der Waals surface area contributed by atoms with Gasteiger partial charge in [0, 0.05) is 16.2 Å². The number of ether oxygens (including phenoxy) is 3. The standard InChI is InChI=1S/C21H24N4O6S/c1-5-18(26)22-17-12-15(32-14-8-6-13(29-2)7-9-14)10-11-16(17)23-19(24-20(27)30-3)25-21(28)31-4/h6-12H,5H2,1-4H3,(H,22,26)(H2,23,24,25,27,28). The molecule has 0 heterocycles. The van der Waals surface area contributed by atoms with Crippen LogP contribution in [0.3, 0.4) is 0 Å². The number of carbonyl (C=O) groups is 3. The number of anilines is 1. The van der Waals surface area contributed by atoms with Crippen LogP contribution in [-0.2, 0) is 14.3 Å². The van der Waals surface area contributed by atoms with Crippen molar-refractivity contribution in [3.8, 4) is 5.75 Å². The SMILES string of the molecule is CCC(=O)Nc1cc(Sc2ccc(OC)cc2)ccc1N=C(NC(=O)OC)NC(=O)OC. The largest absolute Gasteiger partial charge is 0.497 e. The van der Waals surface area contributed by atoms with Crippen molar-refractivity contribution < 1.29 is 28.6 Å². The van der Waals surface area contributed by atoms with Crippen molar-refractivity contribution in [2.75, 3.05) is 26.6 Å². The van der Waals surface area contributed by atoms with E-state index in [4.69, 9.17) is 4.74 Å². The zero-order chi connectivity index (χ0) is 23.5. The molecule has 0 saturated heterocycles. The van der Waals surface area contributed by atoms with Gasteiger partial charge >= 0.3 is 12.2 Å². The molecule has 0 saturated carbocycles. The number of carbonyl (C=O) groups excluding carboxylic acids is 3. The van der Waals surface area contributed by atoms with Gasteiger partial charge in [0.2, 0.25) is 11.9 Å². The quantitative estimate of drug-likeness (QED) is 0.441. The zero-order valence-electron chi connectivity index (χ0n) is 18.1. The predicted molar refractivity (Wildman–Crippen MR) is 121 cm³/mol. The lowest BCUT2D eigenvalue weighted by atomic mass is 10.2. The number of aliphatic imine (C=N–C) groups is 1. The highest BCUT2D eigenvalue weighted by molar-refractivity contribution is 7.99. The molecule has 0 spiro atoms. The molecule has 0 radical (unpaired) electrons. The molecule has 0 atom stereocenters. The van der Waals surface area contributed by atoms with Crippen LogP contribution < -0.4 is 20.7 Å².